The Morgan fingerprint density at radius 2 is 2.46 bits per heavy atom. The molecule has 0 N–H and O–H groups in total. The van der Waals surface area contributed by atoms with Gasteiger partial charge in [-0.1, -0.05) is 11.3 Å². The number of aromatic nitrogens is 2. The summed E-state index contributed by atoms with van der Waals surface area (Å²) in [5.74, 6) is 0. The Kier molecular flexibility index (Phi) is 1.82. The van der Waals surface area contributed by atoms with Crippen molar-refractivity contribution in [2.75, 3.05) is 0 Å². The molecule has 0 fully saturated rings. The second kappa shape index (κ2) is 2.98. The van der Waals surface area contributed by atoms with E-state index < -0.39 is 0 Å². The highest BCUT2D eigenvalue weighted by Gasteiger charge is 2.15. The maximum absolute atomic E-state index is 10.6. The largest absolute Gasteiger partial charge is 0.348 e. The molecule has 0 aliphatic rings. The SMILES string of the molecule is O=[N+]([O-])c1sccc1-n1ccnc1. The van der Waals surface area contributed by atoms with Gasteiger partial charge in [-0.2, -0.15) is 0 Å². The highest BCUT2D eigenvalue weighted by atomic mass is 32.1. The molecule has 0 spiro atoms. The third kappa shape index (κ3) is 1.31. The minimum absolute atomic E-state index is 0.137. The van der Waals surface area contributed by atoms with E-state index in [4.69, 9.17) is 0 Å². The second-order valence-corrected chi connectivity index (χ2v) is 3.23. The summed E-state index contributed by atoms with van der Waals surface area (Å²) in [5.41, 5.74) is 0.563. The first kappa shape index (κ1) is 7.93. The molecule has 2 heterocycles. The molecule has 6 heteroatoms. The van der Waals surface area contributed by atoms with Gasteiger partial charge < -0.3 is 0 Å². The number of nitro groups is 1. The van der Waals surface area contributed by atoms with Gasteiger partial charge in [-0.3, -0.25) is 14.7 Å². The van der Waals surface area contributed by atoms with Crippen molar-refractivity contribution in [3.63, 3.8) is 0 Å². The van der Waals surface area contributed by atoms with Crippen molar-refractivity contribution in [3.05, 3.63) is 40.3 Å². The first-order valence-electron chi connectivity index (χ1n) is 3.49. The molecule has 5 nitrogen and oxygen atoms in total. The van der Waals surface area contributed by atoms with Crippen molar-refractivity contribution in [2.45, 2.75) is 0 Å². The molecule has 13 heavy (non-hydrogen) atoms. The zero-order valence-corrected chi connectivity index (χ0v) is 7.27. The predicted octanol–water partition coefficient (Wildman–Crippen LogP) is 1.84. The van der Waals surface area contributed by atoms with Crippen LogP contribution in [0.25, 0.3) is 5.69 Å². The van der Waals surface area contributed by atoms with Gasteiger partial charge in [0.15, 0.2) is 0 Å². The van der Waals surface area contributed by atoms with Gasteiger partial charge in [-0.15, -0.1) is 0 Å². The molecule has 0 saturated carbocycles. The Hall–Kier alpha value is -1.69. The van der Waals surface area contributed by atoms with Gasteiger partial charge in [-0.25, -0.2) is 4.98 Å². The van der Waals surface area contributed by atoms with E-state index in [0.717, 1.165) is 11.3 Å². The number of rotatable bonds is 2. The number of hydrogen-bond acceptors (Lipinski definition) is 4. The van der Waals surface area contributed by atoms with Crippen LogP contribution in [0.15, 0.2) is 30.2 Å². The van der Waals surface area contributed by atoms with Crippen LogP contribution in [0.2, 0.25) is 0 Å². The normalized spacial score (nSPS) is 10.2. The van der Waals surface area contributed by atoms with Crippen molar-refractivity contribution in [2.24, 2.45) is 0 Å². The van der Waals surface area contributed by atoms with E-state index in [9.17, 15) is 10.1 Å². The molecule has 0 aliphatic carbocycles. The highest BCUT2D eigenvalue weighted by Crippen LogP contribution is 2.28. The first-order valence-corrected chi connectivity index (χ1v) is 4.37. The smallest absolute Gasteiger partial charge is 0.299 e. The number of hydrogen-bond donors (Lipinski definition) is 0. The van der Waals surface area contributed by atoms with Crippen LogP contribution in [0, 0.1) is 10.1 Å². The average Bonchev–Trinajstić information content (AvgIpc) is 2.74. The van der Waals surface area contributed by atoms with Crippen molar-refractivity contribution in [3.8, 4) is 5.69 Å². The zero-order chi connectivity index (χ0) is 9.26. The minimum Gasteiger partial charge on any atom is -0.299 e. The summed E-state index contributed by atoms with van der Waals surface area (Å²) >= 11 is 1.11. The maximum atomic E-state index is 10.6. The molecule has 0 amide bonds. The van der Waals surface area contributed by atoms with E-state index in [0.29, 0.717) is 5.69 Å². The number of nitrogens with zero attached hydrogens (tertiary/aromatic N) is 3. The van der Waals surface area contributed by atoms with Crippen molar-refractivity contribution < 1.29 is 4.92 Å². The lowest BCUT2D eigenvalue weighted by Crippen LogP contribution is -1.93. The summed E-state index contributed by atoms with van der Waals surface area (Å²) in [6.07, 6.45) is 4.80. The Morgan fingerprint density at radius 1 is 1.62 bits per heavy atom. The van der Waals surface area contributed by atoms with Crippen molar-refractivity contribution in [1.82, 2.24) is 9.55 Å². The van der Waals surface area contributed by atoms with Crippen LogP contribution < -0.4 is 0 Å². The van der Waals surface area contributed by atoms with E-state index in [1.54, 1.807) is 28.4 Å². The average molecular weight is 195 g/mol. The molecule has 0 unspecified atom stereocenters. The van der Waals surface area contributed by atoms with E-state index in [1.165, 1.54) is 6.33 Å². The summed E-state index contributed by atoms with van der Waals surface area (Å²) in [4.78, 5) is 14.0. The molecular weight excluding hydrogens is 190 g/mol. The van der Waals surface area contributed by atoms with Gasteiger partial charge in [0, 0.05) is 12.4 Å². The fourth-order valence-electron chi connectivity index (χ4n) is 1.03. The third-order valence-corrected chi connectivity index (χ3v) is 2.43. The van der Waals surface area contributed by atoms with Crippen LogP contribution in [0.3, 0.4) is 0 Å². The van der Waals surface area contributed by atoms with E-state index >= 15 is 0 Å². The minimum atomic E-state index is -0.389. The van der Waals surface area contributed by atoms with Crippen LogP contribution >= 0.6 is 11.3 Å². The van der Waals surface area contributed by atoms with Crippen LogP contribution in [-0.2, 0) is 0 Å². The molecule has 2 rings (SSSR count). The van der Waals surface area contributed by atoms with Gasteiger partial charge in [0.2, 0.25) is 0 Å². The van der Waals surface area contributed by atoms with Gasteiger partial charge >= 0.3 is 5.00 Å². The quantitative estimate of drug-likeness (QED) is 0.542. The Morgan fingerprint density at radius 3 is 3.08 bits per heavy atom. The Balaban J connectivity index is 2.52. The molecule has 0 bridgehead atoms. The number of imidazole rings is 1. The first-order chi connectivity index (χ1) is 6.29. The number of thiophene rings is 1. The molecule has 0 saturated heterocycles. The fraction of sp³-hybridized carbons (Fsp3) is 0. The lowest BCUT2D eigenvalue weighted by atomic mass is 10.5. The molecule has 0 aliphatic heterocycles. The van der Waals surface area contributed by atoms with Gasteiger partial charge in [0.1, 0.15) is 5.69 Å². The topological polar surface area (TPSA) is 61.0 Å². The lowest BCUT2D eigenvalue weighted by Gasteiger charge is -1.95. The van der Waals surface area contributed by atoms with E-state index in [2.05, 4.69) is 4.98 Å². The summed E-state index contributed by atoms with van der Waals surface area (Å²) in [5, 5.41) is 12.4. The Bertz CT molecular complexity index is 421. The highest BCUT2D eigenvalue weighted by molar-refractivity contribution is 7.13. The zero-order valence-electron chi connectivity index (χ0n) is 6.45. The fourth-order valence-corrected chi connectivity index (χ4v) is 1.74. The maximum Gasteiger partial charge on any atom is 0.348 e. The van der Waals surface area contributed by atoms with Crippen LogP contribution in [0.5, 0.6) is 0 Å². The molecule has 0 radical (unpaired) electrons. The molecule has 66 valence electrons. The standard InChI is InChI=1S/C7H5N3O2S/c11-10(12)7-6(1-4-13-7)9-3-2-8-5-9/h1-5H. The van der Waals surface area contributed by atoms with Crippen LogP contribution in [0.1, 0.15) is 0 Å². The molecular formula is C7H5N3O2S. The van der Waals surface area contributed by atoms with Crippen molar-refractivity contribution in [1.29, 1.82) is 0 Å². The van der Waals surface area contributed by atoms with Crippen molar-refractivity contribution >= 4 is 16.3 Å². The summed E-state index contributed by atoms with van der Waals surface area (Å²) in [6, 6.07) is 1.70. The summed E-state index contributed by atoms with van der Waals surface area (Å²) in [6.45, 7) is 0. The molecule has 2 aromatic heterocycles. The Labute approximate surface area is 77.4 Å². The van der Waals surface area contributed by atoms with Gasteiger partial charge in [-0.05, 0) is 11.4 Å². The summed E-state index contributed by atoms with van der Waals surface area (Å²) in [7, 11) is 0. The van der Waals surface area contributed by atoms with Crippen LogP contribution in [-0.4, -0.2) is 14.5 Å². The molecule has 0 aromatic carbocycles. The lowest BCUT2D eigenvalue weighted by molar-refractivity contribution is -0.379. The molecule has 0 atom stereocenters. The van der Waals surface area contributed by atoms with E-state index in [-0.39, 0.29) is 9.92 Å². The van der Waals surface area contributed by atoms with Crippen LogP contribution in [0.4, 0.5) is 5.00 Å². The second-order valence-electron chi connectivity index (χ2n) is 2.34. The monoisotopic (exact) mass is 195 g/mol. The summed E-state index contributed by atoms with van der Waals surface area (Å²) < 4.78 is 1.62. The van der Waals surface area contributed by atoms with E-state index in [1.807, 2.05) is 0 Å². The predicted molar refractivity (Wildman–Crippen MR) is 48.1 cm³/mol. The van der Waals surface area contributed by atoms with Gasteiger partial charge in [0.25, 0.3) is 0 Å². The molecule has 2 aromatic rings. The van der Waals surface area contributed by atoms with Gasteiger partial charge in [0.05, 0.1) is 11.3 Å². The third-order valence-electron chi connectivity index (χ3n) is 1.57.